The van der Waals surface area contributed by atoms with Crippen molar-refractivity contribution in [1.29, 1.82) is 0 Å². The third-order valence-corrected chi connectivity index (χ3v) is 1.18. The molecule has 0 heterocycles. The van der Waals surface area contributed by atoms with Crippen LogP contribution in [0, 0.1) is 6.92 Å². The molecule has 1 aromatic rings. The Morgan fingerprint density at radius 2 is 1.42 bits per heavy atom. The van der Waals surface area contributed by atoms with E-state index in [2.05, 4.69) is 13.5 Å². The molecule has 0 aliphatic heterocycles. The van der Waals surface area contributed by atoms with Crippen LogP contribution in [0.2, 0.25) is 0 Å². The average molecular weight is 384 g/mol. The van der Waals surface area contributed by atoms with Gasteiger partial charge in [-0.05, 0) is 0 Å². The second-order valence-corrected chi connectivity index (χ2v) is 1.97. The molecule has 0 aliphatic rings. The van der Waals surface area contributed by atoms with Crippen LogP contribution in [0.5, 0.6) is 0 Å². The maximum atomic E-state index is 3.71. The summed E-state index contributed by atoms with van der Waals surface area (Å²) in [4.78, 5) is 0. The Morgan fingerprint density at radius 3 is 1.67 bits per heavy atom. The van der Waals surface area contributed by atoms with Gasteiger partial charge in [0.2, 0.25) is 0 Å². The molecule has 0 spiro atoms. The molecule has 12 heavy (non-hydrogen) atoms. The molecule has 0 atom stereocenters. The first-order chi connectivity index (χ1) is 4.30. The largest absolute Gasteiger partial charge is 0.199 e. The van der Waals surface area contributed by atoms with Crippen LogP contribution in [0.3, 0.4) is 0 Å². The van der Waals surface area contributed by atoms with Gasteiger partial charge >= 0.3 is 0 Å². The summed E-state index contributed by atoms with van der Waals surface area (Å²) < 4.78 is 0. The van der Waals surface area contributed by atoms with E-state index >= 15 is 0 Å². The summed E-state index contributed by atoms with van der Waals surface area (Å²) in [5, 5.41) is 0. The minimum atomic E-state index is 0. The molecule has 0 bridgehead atoms. The van der Waals surface area contributed by atoms with E-state index in [0.29, 0.717) is 0 Å². The number of hydrogen-bond donors (Lipinski definition) is 0. The second kappa shape index (κ2) is 11.2. The summed E-state index contributed by atoms with van der Waals surface area (Å²) in [7, 11) is 0. The zero-order chi connectivity index (χ0) is 6.69. The maximum Gasteiger partial charge on any atom is 0 e. The Kier molecular flexibility index (Phi) is 18.4. The van der Waals surface area contributed by atoms with Crippen molar-refractivity contribution in [2.45, 2.75) is 0 Å². The molecule has 0 N–H and O–H groups in total. The number of allylic oxidation sites excluding steroid dienone is 1. The first kappa shape index (κ1) is 19.7. The predicted octanol–water partition coefficient (Wildman–Crippen LogP) is 2.53. The van der Waals surface area contributed by atoms with Crippen LogP contribution in [-0.2, 0) is 98.1 Å². The molecule has 0 aromatic heterocycles. The van der Waals surface area contributed by atoms with Crippen molar-refractivity contribution < 1.29 is 98.1 Å². The Morgan fingerprint density at radius 1 is 1.00 bits per heavy atom. The van der Waals surface area contributed by atoms with E-state index in [-0.39, 0.29) is 98.1 Å². The molecule has 0 nitrogen and oxygen atoms in total. The topological polar surface area (TPSA) is 0 Å². The van der Waals surface area contributed by atoms with Crippen LogP contribution >= 0.6 is 0 Å². The quantitative estimate of drug-likeness (QED) is 0.654. The molecular weight excluding hydrogens is 375 g/mol. The zero-order valence-electron chi connectivity index (χ0n) is 7.03. The van der Waals surface area contributed by atoms with E-state index in [4.69, 9.17) is 0 Å². The molecule has 0 saturated carbocycles. The van der Waals surface area contributed by atoms with Gasteiger partial charge < -0.3 is 0 Å². The van der Waals surface area contributed by atoms with Gasteiger partial charge in [-0.25, -0.2) is 0 Å². The van der Waals surface area contributed by atoms with Crippen molar-refractivity contribution >= 4 is 5.57 Å². The Labute approximate surface area is 150 Å². The van der Waals surface area contributed by atoms with Crippen LogP contribution in [0.4, 0.5) is 0 Å². The molecule has 1 rings (SSSR count). The summed E-state index contributed by atoms with van der Waals surface area (Å²) in [5.41, 5.74) is 1.98. The van der Waals surface area contributed by atoms with Crippen LogP contribution in [0.15, 0.2) is 36.9 Å². The van der Waals surface area contributed by atoms with Gasteiger partial charge in [0.05, 0.1) is 0 Å². The minimum Gasteiger partial charge on any atom is -0.199 e. The number of hydrogen-bond acceptors (Lipinski definition) is 0. The molecule has 0 unspecified atom stereocenters. The fraction of sp³-hybridized carbons (Fsp3) is 0. The van der Waals surface area contributed by atoms with Crippen molar-refractivity contribution in [2.24, 2.45) is 0 Å². The molecule has 3 radical (unpaired) electrons. The molecular formula is C9H9Y3-. The first-order valence-corrected chi connectivity index (χ1v) is 2.87. The van der Waals surface area contributed by atoms with Gasteiger partial charge in [-0.15, -0.1) is 17.7 Å². The summed E-state index contributed by atoms with van der Waals surface area (Å²) in [5.74, 6) is 0. The van der Waals surface area contributed by atoms with Gasteiger partial charge in [-0.1, -0.05) is 18.2 Å². The van der Waals surface area contributed by atoms with E-state index in [1.54, 1.807) is 0 Å². The zero-order valence-corrected chi connectivity index (χ0v) is 15.5. The Hall–Kier alpha value is 2.14. The van der Waals surface area contributed by atoms with E-state index in [1.165, 1.54) is 0 Å². The molecule has 0 aliphatic carbocycles. The Bertz CT molecular complexity index is 206. The maximum absolute atomic E-state index is 3.71. The van der Waals surface area contributed by atoms with Crippen LogP contribution in [-0.4, -0.2) is 0 Å². The molecule has 0 amide bonds. The van der Waals surface area contributed by atoms with E-state index < -0.39 is 0 Å². The van der Waals surface area contributed by atoms with Gasteiger partial charge in [0.15, 0.2) is 0 Å². The van der Waals surface area contributed by atoms with Crippen LogP contribution in [0.25, 0.3) is 5.57 Å². The summed E-state index contributed by atoms with van der Waals surface area (Å²) in [6.07, 6.45) is 0. The Balaban J connectivity index is -0.000000270. The number of benzene rings is 1. The molecule has 0 fully saturated rings. The smallest absolute Gasteiger partial charge is 0 e. The fourth-order valence-electron chi connectivity index (χ4n) is 0.674. The SMILES string of the molecule is C=C([CH2-])c1ccccc1.[Y].[Y].[Y]. The monoisotopic (exact) mass is 384 g/mol. The molecule has 1 aromatic carbocycles. The van der Waals surface area contributed by atoms with Gasteiger partial charge in [0.1, 0.15) is 0 Å². The van der Waals surface area contributed by atoms with Crippen molar-refractivity contribution in [3.63, 3.8) is 0 Å². The van der Waals surface area contributed by atoms with Gasteiger partial charge in [-0.2, -0.15) is 19.1 Å². The fourth-order valence-corrected chi connectivity index (χ4v) is 0.674. The van der Waals surface area contributed by atoms with E-state index in [9.17, 15) is 0 Å². The predicted molar refractivity (Wildman–Crippen MR) is 40.8 cm³/mol. The van der Waals surface area contributed by atoms with Crippen molar-refractivity contribution in [3.8, 4) is 0 Å². The number of rotatable bonds is 1. The molecule has 55 valence electrons. The molecule has 0 saturated heterocycles. The van der Waals surface area contributed by atoms with Crippen LogP contribution in [0.1, 0.15) is 5.56 Å². The first-order valence-electron chi connectivity index (χ1n) is 2.87. The van der Waals surface area contributed by atoms with E-state index in [0.717, 1.165) is 11.1 Å². The standard InChI is InChI=1S/C9H9.3Y/c1-8(2)9-6-4-3-5-7-9;;;/h3-7H,1-2H2;;;/q-1;;;. The van der Waals surface area contributed by atoms with Crippen molar-refractivity contribution in [1.82, 2.24) is 0 Å². The molecule has 3 heteroatoms. The summed E-state index contributed by atoms with van der Waals surface area (Å²) in [6, 6.07) is 9.93. The minimum absolute atomic E-state index is 0. The third kappa shape index (κ3) is 7.54. The normalized spacial score (nSPS) is 6.67. The summed E-state index contributed by atoms with van der Waals surface area (Å²) >= 11 is 0. The average Bonchev–Trinajstić information content (AvgIpc) is 1.90. The van der Waals surface area contributed by atoms with Gasteiger partial charge in [-0.3, -0.25) is 0 Å². The second-order valence-electron chi connectivity index (χ2n) is 1.97. The van der Waals surface area contributed by atoms with Gasteiger partial charge in [0, 0.05) is 98.1 Å². The van der Waals surface area contributed by atoms with Crippen molar-refractivity contribution in [3.05, 3.63) is 49.4 Å². The van der Waals surface area contributed by atoms with Crippen LogP contribution < -0.4 is 0 Å². The third-order valence-electron chi connectivity index (χ3n) is 1.18. The van der Waals surface area contributed by atoms with E-state index in [1.807, 2.05) is 30.3 Å². The van der Waals surface area contributed by atoms with Gasteiger partial charge in [0.25, 0.3) is 0 Å². The summed E-state index contributed by atoms with van der Waals surface area (Å²) in [6.45, 7) is 7.43. The van der Waals surface area contributed by atoms with Crippen molar-refractivity contribution in [2.75, 3.05) is 0 Å².